The molecule has 0 radical (unpaired) electrons. The highest BCUT2D eigenvalue weighted by atomic mass is 35.5. The van der Waals surface area contributed by atoms with Gasteiger partial charge in [0.1, 0.15) is 11.3 Å². The molecule has 2 N–H and O–H groups in total. The first-order valence-corrected chi connectivity index (χ1v) is 6.10. The maximum Gasteiger partial charge on any atom is 0.227 e. The van der Waals surface area contributed by atoms with E-state index in [1.165, 1.54) is 12.1 Å². The van der Waals surface area contributed by atoms with Gasteiger partial charge in [-0.15, -0.1) is 0 Å². The van der Waals surface area contributed by atoms with Gasteiger partial charge < -0.3 is 10.2 Å². The molecule has 0 unspecified atom stereocenters. The van der Waals surface area contributed by atoms with Crippen LogP contribution in [-0.4, -0.2) is 4.98 Å². The molecule has 19 heavy (non-hydrogen) atoms. The number of rotatable bonds is 1. The van der Waals surface area contributed by atoms with Gasteiger partial charge in [-0.05, 0) is 24.3 Å². The molecule has 1 heterocycles. The largest absolute Gasteiger partial charge is 0.436 e. The summed E-state index contributed by atoms with van der Waals surface area (Å²) < 4.78 is 18.8. The summed E-state index contributed by atoms with van der Waals surface area (Å²) in [6, 6.07) is 7.56. The third-order valence-electron chi connectivity index (χ3n) is 2.60. The van der Waals surface area contributed by atoms with Gasteiger partial charge in [0.2, 0.25) is 5.89 Å². The molecule has 0 saturated heterocycles. The lowest BCUT2D eigenvalue weighted by Gasteiger charge is -1.98. The Kier molecular flexibility index (Phi) is 2.84. The van der Waals surface area contributed by atoms with Crippen LogP contribution in [0.15, 0.2) is 34.7 Å². The van der Waals surface area contributed by atoms with Crippen molar-refractivity contribution >= 4 is 40.0 Å². The molecular weight excluding hydrogens is 290 g/mol. The van der Waals surface area contributed by atoms with Crippen molar-refractivity contribution in [2.75, 3.05) is 5.73 Å². The number of nitrogens with zero attached hydrogens (tertiary/aromatic N) is 1. The first-order valence-electron chi connectivity index (χ1n) is 5.35. The van der Waals surface area contributed by atoms with Crippen molar-refractivity contribution in [3.05, 3.63) is 46.2 Å². The van der Waals surface area contributed by atoms with Crippen LogP contribution in [0.2, 0.25) is 10.0 Å². The average Bonchev–Trinajstić information content (AvgIpc) is 2.71. The van der Waals surface area contributed by atoms with Crippen LogP contribution in [0.4, 0.5) is 10.1 Å². The number of nitrogen functional groups attached to an aromatic ring is 1. The van der Waals surface area contributed by atoms with E-state index in [1.807, 2.05) is 0 Å². The minimum absolute atomic E-state index is 0.00189. The Hall–Kier alpha value is -1.78. The van der Waals surface area contributed by atoms with E-state index in [4.69, 9.17) is 33.4 Å². The highest BCUT2D eigenvalue weighted by Crippen LogP contribution is 2.30. The van der Waals surface area contributed by atoms with Gasteiger partial charge in [0.05, 0.1) is 5.02 Å². The van der Waals surface area contributed by atoms with Crippen molar-refractivity contribution in [2.45, 2.75) is 0 Å². The van der Waals surface area contributed by atoms with E-state index in [1.54, 1.807) is 18.2 Å². The van der Waals surface area contributed by atoms with Gasteiger partial charge in [0.25, 0.3) is 0 Å². The standard InChI is InChI=1S/C13H7Cl2FN2O/c14-7-1-6(2-8(17)3-7)13-18-11-4-9(15)10(16)5-12(11)19-13/h1-5H,17H2. The molecule has 0 aliphatic heterocycles. The predicted octanol–water partition coefficient (Wildman–Crippen LogP) is 4.52. The van der Waals surface area contributed by atoms with Crippen molar-refractivity contribution < 1.29 is 8.81 Å². The summed E-state index contributed by atoms with van der Waals surface area (Å²) in [6.45, 7) is 0. The van der Waals surface area contributed by atoms with Crippen LogP contribution in [0.1, 0.15) is 0 Å². The summed E-state index contributed by atoms with van der Waals surface area (Å²) in [5.74, 6) is -0.242. The quantitative estimate of drug-likeness (QED) is 0.672. The summed E-state index contributed by atoms with van der Waals surface area (Å²) in [5, 5.41) is 0.472. The second-order valence-corrected chi connectivity index (χ2v) is 4.87. The molecule has 1 aromatic heterocycles. The Balaban J connectivity index is 2.20. The normalized spacial score (nSPS) is 11.1. The van der Waals surface area contributed by atoms with Crippen LogP contribution in [0.5, 0.6) is 0 Å². The molecule has 6 heteroatoms. The number of nitrogens with two attached hydrogens (primary N) is 1. The Morgan fingerprint density at radius 1 is 1.11 bits per heavy atom. The fourth-order valence-corrected chi connectivity index (χ4v) is 2.18. The molecule has 0 aliphatic rings. The molecule has 2 aromatic carbocycles. The first kappa shape index (κ1) is 12.3. The van der Waals surface area contributed by atoms with Crippen LogP contribution < -0.4 is 5.73 Å². The minimum atomic E-state index is -0.553. The van der Waals surface area contributed by atoms with E-state index in [9.17, 15) is 4.39 Å². The predicted molar refractivity (Wildman–Crippen MR) is 73.8 cm³/mol. The number of benzene rings is 2. The number of oxazole rings is 1. The zero-order valence-electron chi connectivity index (χ0n) is 9.45. The van der Waals surface area contributed by atoms with Gasteiger partial charge in [0.15, 0.2) is 5.58 Å². The SMILES string of the molecule is Nc1cc(Cl)cc(-c2nc3cc(Cl)c(F)cc3o2)c1. The highest BCUT2D eigenvalue weighted by molar-refractivity contribution is 6.31. The van der Waals surface area contributed by atoms with E-state index in [0.717, 1.165) is 0 Å². The molecule has 0 aliphatic carbocycles. The molecule has 0 saturated carbocycles. The van der Waals surface area contributed by atoms with E-state index in [0.29, 0.717) is 33.3 Å². The van der Waals surface area contributed by atoms with Crippen molar-refractivity contribution in [1.82, 2.24) is 4.98 Å². The molecule has 0 amide bonds. The molecule has 3 nitrogen and oxygen atoms in total. The lowest BCUT2D eigenvalue weighted by atomic mass is 10.2. The fraction of sp³-hybridized carbons (Fsp3) is 0. The Bertz CT molecular complexity index is 726. The third kappa shape index (κ3) is 2.25. The Morgan fingerprint density at radius 3 is 2.63 bits per heavy atom. The van der Waals surface area contributed by atoms with Gasteiger partial charge >= 0.3 is 0 Å². The minimum Gasteiger partial charge on any atom is -0.436 e. The van der Waals surface area contributed by atoms with E-state index in [2.05, 4.69) is 4.98 Å². The van der Waals surface area contributed by atoms with Crippen LogP contribution in [0.25, 0.3) is 22.6 Å². The zero-order valence-corrected chi connectivity index (χ0v) is 11.0. The summed E-state index contributed by atoms with van der Waals surface area (Å²) in [7, 11) is 0. The summed E-state index contributed by atoms with van der Waals surface area (Å²) in [5.41, 5.74) is 7.61. The average molecular weight is 297 g/mol. The van der Waals surface area contributed by atoms with Crippen molar-refractivity contribution in [3.8, 4) is 11.5 Å². The number of halogens is 3. The van der Waals surface area contributed by atoms with Gasteiger partial charge in [-0.3, -0.25) is 0 Å². The Morgan fingerprint density at radius 2 is 1.89 bits per heavy atom. The number of hydrogen-bond donors (Lipinski definition) is 1. The van der Waals surface area contributed by atoms with Crippen molar-refractivity contribution in [3.63, 3.8) is 0 Å². The van der Waals surface area contributed by atoms with Gasteiger partial charge in [-0.1, -0.05) is 23.2 Å². The third-order valence-corrected chi connectivity index (χ3v) is 3.11. The second-order valence-electron chi connectivity index (χ2n) is 4.03. The molecule has 3 rings (SSSR count). The molecule has 0 atom stereocenters. The molecule has 0 bridgehead atoms. The summed E-state index contributed by atoms with van der Waals surface area (Å²) >= 11 is 11.6. The first-order chi connectivity index (χ1) is 9.02. The fourth-order valence-electron chi connectivity index (χ4n) is 1.78. The van der Waals surface area contributed by atoms with Crippen LogP contribution in [-0.2, 0) is 0 Å². The van der Waals surface area contributed by atoms with Crippen LogP contribution in [0, 0.1) is 5.82 Å². The molecule has 96 valence electrons. The van der Waals surface area contributed by atoms with E-state index in [-0.39, 0.29) is 5.02 Å². The zero-order chi connectivity index (χ0) is 13.6. The van der Waals surface area contributed by atoms with Gasteiger partial charge in [-0.25, -0.2) is 9.37 Å². The van der Waals surface area contributed by atoms with E-state index < -0.39 is 5.82 Å². The molecular formula is C13H7Cl2FN2O. The monoisotopic (exact) mass is 296 g/mol. The number of hydrogen-bond acceptors (Lipinski definition) is 3. The highest BCUT2D eigenvalue weighted by Gasteiger charge is 2.12. The smallest absolute Gasteiger partial charge is 0.227 e. The van der Waals surface area contributed by atoms with Crippen molar-refractivity contribution in [1.29, 1.82) is 0 Å². The maximum atomic E-state index is 13.3. The lowest BCUT2D eigenvalue weighted by molar-refractivity contribution is 0.602. The van der Waals surface area contributed by atoms with Crippen LogP contribution in [0.3, 0.4) is 0 Å². The van der Waals surface area contributed by atoms with Gasteiger partial charge in [0, 0.05) is 22.3 Å². The number of fused-ring (bicyclic) bond motifs is 1. The van der Waals surface area contributed by atoms with Gasteiger partial charge in [-0.2, -0.15) is 0 Å². The van der Waals surface area contributed by atoms with Crippen LogP contribution >= 0.6 is 23.2 Å². The second kappa shape index (κ2) is 4.40. The summed E-state index contributed by atoms with van der Waals surface area (Å²) in [6.07, 6.45) is 0. The lowest BCUT2D eigenvalue weighted by Crippen LogP contribution is -1.86. The summed E-state index contributed by atoms with van der Waals surface area (Å²) in [4.78, 5) is 4.24. The number of anilines is 1. The van der Waals surface area contributed by atoms with E-state index >= 15 is 0 Å². The Labute approximate surface area is 117 Å². The maximum absolute atomic E-state index is 13.3. The topological polar surface area (TPSA) is 52.0 Å². The molecule has 0 fully saturated rings. The molecule has 3 aromatic rings. The molecule has 0 spiro atoms. The van der Waals surface area contributed by atoms with Crippen molar-refractivity contribution in [2.24, 2.45) is 0 Å². The number of aromatic nitrogens is 1.